The van der Waals surface area contributed by atoms with E-state index in [1.807, 2.05) is 12.1 Å². The smallest absolute Gasteiger partial charge is 0.284 e. The number of nitrogens with zero attached hydrogens (tertiary/aromatic N) is 1. The highest BCUT2D eigenvalue weighted by molar-refractivity contribution is 6.30. The molecule has 4 heteroatoms. The van der Waals surface area contributed by atoms with E-state index in [9.17, 15) is 10.0 Å². The fourth-order valence-electron chi connectivity index (χ4n) is 2.38. The number of carbonyl (C=O) groups is 1. The molecule has 0 fully saturated rings. The molecule has 1 aliphatic rings. The number of ketones is 1. The average Bonchev–Trinajstić information content (AvgIpc) is 2.48. The van der Waals surface area contributed by atoms with Crippen LogP contribution in [0.1, 0.15) is 27.2 Å². The topological polar surface area (TPSA) is 41.2 Å². The molecule has 0 radical (unpaired) electrons. The van der Waals surface area contributed by atoms with E-state index in [0.29, 0.717) is 16.3 Å². The van der Waals surface area contributed by atoms with Gasteiger partial charge in [-0.2, -0.15) is 0 Å². The van der Waals surface area contributed by atoms with Crippen molar-refractivity contribution < 1.29 is 14.7 Å². The maximum Gasteiger partial charge on any atom is 0.307 e. The van der Waals surface area contributed by atoms with E-state index in [2.05, 4.69) is 0 Å². The van der Waals surface area contributed by atoms with Crippen molar-refractivity contribution in [2.24, 2.45) is 0 Å². The zero-order chi connectivity index (χ0) is 12.7. The summed E-state index contributed by atoms with van der Waals surface area (Å²) in [7, 11) is 0. The van der Waals surface area contributed by atoms with Crippen LogP contribution in [0.4, 0.5) is 0 Å². The summed E-state index contributed by atoms with van der Waals surface area (Å²) >= 11 is 5.95. The fourth-order valence-corrected chi connectivity index (χ4v) is 2.58. The lowest BCUT2D eigenvalue weighted by Gasteiger charge is -2.03. The van der Waals surface area contributed by atoms with E-state index in [-0.39, 0.29) is 5.78 Å². The Hall–Kier alpha value is -1.87. The molecule has 3 nitrogen and oxygen atoms in total. The zero-order valence-electron chi connectivity index (χ0n) is 9.56. The van der Waals surface area contributed by atoms with Crippen molar-refractivity contribution in [3.05, 3.63) is 63.9 Å². The Balaban J connectivity index is 2.24. The van der Waals surface area contributed by atoms with Gasteiger partial charge in [0.25, 0.3) is 5.78 Å². The zero-order valence-corrected chi connectivity index (χ0v) is 10.3. The molecule has 0 saturated carbocycles. The molecule has 1 N–H and O–H groups in total. The first-order chi connectivity index (χ1) is 8.66. The monoisotopic (exact) mass is 260 g/mol. The van der Waals surface area contributed by atoms with Crippen LogP contribution >= 0.6 is 11.6 Å². The van der Waals surface area contributed by atoms with Gasteiger partial charge in [0.15, 0.2) is 0 Å². The lowest BCUT2D eigenvalue weighted by atomic mass is 10.0. The van der Waals surface area contributed by atoms with Crippen molar-refractivity contribution in [3.63, 3.8) is 0 Å². The fraction of sp³-hybridized carbons (Fsp3) is 0.143. The highest BCUT2D eigenvalue weighted by atomic mass is 35.5. The van der Waals surface area contributed by atoms with Crippen molar-refractivity contribution in [2.75, 3.05) is 0 Å². The Kier molecular flexibility index (Phi) is 2.56. The molecule has 1 aliphatic carbocycles. The molecule has 18 heavy (non-hydrogen) atoms. The Morgan fingerprint density at radius 2 is 1.94 bits per heavy atom. The lowest BCUT2D eigenvalue weighted by molar-refractivity contribution is -0.906. The standard InChI is InChI=1S/C14H11ClNO2/c15-11-5-6-12-10(8-11)4-3-9-2-1-7-16(18)13(9)14(12)17/h1-2,5-8,18H,3-4H2/q+1. The van der Waals surface area contributed by atoms with E-state index in [1.165, 1.54) is 6.20 Å². The van der Waals surface area contributed by atoms with Gasteiger partial charge >= 0.3 is 5.69 Å². The molecule has 0 saturated heterocycles. The van der Waals surface area contributed by atoms with E-state index >= 15 is 0 Å². The molecule has 0 bridgehead atoms. The van der Waals surface area contributed by atoms with Crippen LogP contribution in [0.25, 0.3) is 0 Å². The minimum absolute atomic E-state index is 0.155. The summed E-state index contributed by atoms with van der Waals surface area (Å²) in [5, 5.41) is 10.4. The molecule has 0 atom stereocenters. The SMILES string of the molecule is O=C1c2ccc(Cl)cc2CCc2ccc[n+](O)c21. The van der Waals surface area contributed by atoms with Gasteiger partial charge in [0.1, 0.15) is 0 Å². The molecule has 0 unspecified atom stereocenters. The van der Waals surface area contributed by atoms with Crippen LogP contribution in [0.3, 0.4) is 0 Å². The van der Waals surface area contributed by atoms with Gasteiger partial charge in [-0.3, -0.25) is 10.0 Å². The molecule has 0 aliphatic heterocycles. The van der Waals surface area contributed by atoms with Crippen LogP contribution in [0.2, 0.25) is 5.02 Å². The maximum atomic E-state index is 12.4. The second-order valence-electron chi connectivity index (χ2n) is 4.36. The second-order valence-corrected chi connectivity index (χ2v) is 4.79. The lowest BCUT2D eigenvalue weighted by Crippen LogP contribution is -2.38. The maximum absolute atomic E-state index is 12.4. The summed E-state index contributed by atoms with van der Waals surface area (Å²) in [6.45, 7) is 0. The summed E-state index contributed by atoms with van der Waals surface area (Å²) in [5.74, 6) is -0.155. The van der Waals surface area contributed by atoms with Gasteiger partial charge < -0.3 is 0 Å². The normalized spacial score (nSPS) is 13.7. The number of halogens is 1. The Labute approximate surface area is 109 Å². The number of aryl methyl sites for hydroxylation is 2. The molecule has 1 heterocycles. The van der Waals surface area contributed by atoms with Gasteiger partial charge in [-0.25, -0.2) is 0 Å². The van der Waals surface area contributed by atoms with Crippen molar-refractivity contribution in [1.82, 2.24) is 0 Å². The molecule has 3 rings (SSSR count). The van der Waals surface area contributed by atoms with Crippen molar-refractivity contribution >= 4 is 17.4 Å². The average molecular weight is 261 g/mol. The highest BCUT2D eigenvalue weighted by Crippen LogP contribution is 2.24. The predicted molar refractivity (Wildman–Crippen MR) is 66.1 cm³/mol. The summed E-state index contributed by atoms with van der Waals surface area (Å²) in [4.78, 5) is 12.4. The van der Waals surface area contributed by atoms with Crippen molar-refractivity contribution in [3.8, 4) is 0 Å². The Bertz CT molecular complexity index is 652. The molecule has 2 aromatic rings. The third-order valence-electron chi connectivity index (χ3n) is 3.25. The third-order valence-corrected chi connectivity index (χ3v) is 3.48. The number of rotatable bonds is 0. The van der Waals surface area contributed by atoms with Crippen LogP contribution < -0.4 is 4.73 Å². The molecule has 1 aromatic carbocycles. The summed E-state index contributed by atoms with van der Waals surface area (Å²) in [5.41, 5.74) is 2.76. The highest BCUT2D eigenvalue weighted by Gasteiger charge is 2.30. The molecule has 0 spiro atoms. The van der Waals surface area contributed by atoms with Gasteiger partial charge in [0.2, 0.25) is 6.20 Å². The molecule has 1 aromatic heterocycles. The van der Waals surface area contributed by atoms with Crippen molar-refractivity contribution in [1.29, 1.82) is 0 Å². The number of hydrogen-bond acceptors (Lipinski definition) is 2. The number of hydrogen-bond donors (Lipinski definition) is 1. The third kappa shape index (κ3) is 1.68. The summed E-state index contributed by atoms with van der Waals surface area (Å²) < 4.78 is 0.904. The molecule has 90 valence electrons. The minimum atomic E-state index is -0.155. The first-order valence-electron chi connectivity index (χ1n) is 5.73. The van der Waals surface area contributed by atoms with Crippen LogP contribution in [0.5, 0.6) is 0 Å². The second kappa shape index (κ2) is 4.10. The summed E-state index contributed by atoms with van der Waals surface area (Å²) in [6.07, 6.45) is 2.94. The predicted octanol–water partition coefficient (Wildman–Crippen LogP) is 2.19. The first kappa shape index (κ1) is 11.2. The van der Waals surface area contributed by atoms with Gasteiger partial charge in [0, 0.05) is 26.9 Å². The van der Waals surface area contributed by atoms with Crippen LogP contribution in [0, 0.1) is 0 Å². The van der Waals surface area contributed by atoms with Gasteiger partial charge in [-0.15, -0.1) is 0 Å². The minimum Gasteiger partial charge on any atom is -0.284 e. The molecular weight excluding hydrogens is 250 g/mol. The van der Waals surface area contributed by atoms with E-state index in [1.54, 1.807) is 18.2 Å². The number of fused-ring (bicyclic) bond motifs is 2. The number of carbonyl (C=O) groups excluding carboxylic acids is 1. The first-order valence-corrected chi connectivity index (χ1v) is 6.10. The number of pyridine rings is 1. The number of benzene rings is 1. The Morgan fingerprint density at radius 1 is 1.17 bits per heavy atom. The van der Waals surface area contributed by atoms with E-state index in [4.69, 9.17) is 11.6 Å². The van der Waals surface area contributed by atoms with E-state index in [0.717, 1.165) is 28.7 Å². The quantitative estimate of drug-likeness (QED) is 0.583. The van der Waals surface area contributed by atoms with E-state index < -0.39 is 0 Å². The molecular formula is C14H11ClNO2+. The molecule has 0 amide bonds. The Morgan fingerprint density at radius 3 is 2.78 bits per heavy atom. The van der Waals surface area contributed by atoms with Crippen LogP contribution in [-0.2, 0) is 12.8 Å². The van der Waals surface area contributed by atoms with Crippen LogP contribution in [-0.4, -0.2) is 11.0 Å². The van der Waals surface area contributed by atoms with Gasteiger partial charge in [-0.05, 0) is 42.7 Å². The number of aromatic nitrogens is 1. The van der Waals surface area contributed by atoms with Gasteiger partial charge in [0.05, 0.1) is 0 Å². The van der Waals surface area contributed by atoms with Crippen molar-refractivity contribution in [2.45, 2.75) is 12.8 Å². The van der Waals surface area contributed by atoms with Gasteiger partial charge in [-0.1, -0.05) is 11.6 Å². The summed E-state index contributed by atoms with van der Waals surface area (Å²) in [6, 6.07) is 8.85. The largest absolute Gasteiger partial charge is 0.307 e. The van der Waals surface area contributed by atoms with Crippen LogP contribution in [0.15, 0.2) is 36.5 Å².